The van der Waals surface area contributed by atoms with Crippen LogP contribution in [0.4, 0.5) is 0 Å². The van der Waals surface area contributed by atoms with Crippen LogP contribution in [0.5, 0.6) is 0 Å². The van der Waals surface area contributed by atoms with Crippen molar-refractivity contribution in [2.75, 3.05) is 13.6 Å². The van der Waals surface area contributed by atoms with Crippen molar-refractivity contribution in [1.82, 2.24) is 9.88 Å². The summed E-state index contributed by atoms with van der Waals surface area (Å²) in [5.41, 5.74) is 2.79. The van der Waals surface area contributed by atoms with Gasteiger partial charge in [-0.15, -0.1) is 0 Å². The number of aryl methyl sites for hydroxylation is 1. The second kappa shape index (κ2) is 4.09. The number of pyridine rings is 1. The standard InChI is InChI=1S/C12H18N2/c1-10-6-7-13-9-11(10)12-5-3-4-8-14(12)2/h6-7,9,12H,3-5,8H2,1-2H3/t12-/m1/s1. The topological polar surface area (TPSA) is 16.1 Å². The molecule has 1 aliphatic rings. The third-order valence-corrected chi connectivity index (χ3v) is 3.21. The van der Waals surface area contributed by atoms with E-state index in [0.29, 0.717) is 6.04 Å². The van der Waals surface area contributed by atoms with Crippen molar-refractivity contribution < 1.29 is 0 Å². The van der Waals surface area contributed by atoms with Crippen molar-refractivity contribution in [2.24, 2.45) is 0 Å². The zero-order valence-electron chi connectivity index (χ0n) is 9.03. The predicted molar refractivity (Wildman–Crippen MR) is 58.2 cm³/mol. The van der Waals surface area contributed by atoms with Crippen molar-refractivity contribution >= 4 is 0 Å². The van der Waals surface area contributed by atoms with Crippen LogP contribution in [0.25, 0.3) is 0 Å². The summed E-state index contributed by atoms with van der Waals surface area (Å²) in [5.74, 6) is 0. The van der Waals surface area contributed by atoms with E-state index in [9.17, 15) is 0 Å². The fourth-order valence-corrected chi connectivity index (χ4v) is 2.29. The molecule has 2 heterocycles. The largest absolute Gasteiger partial charge is 0.299 e. The molecule has 0 unspecified atom stereocenters. The molecule has 0 N–H and O–H groups in total. The Morgan fingerprint density at radius 3 is 3.00 bits per heavy atom. The van der Waals surface area contributed by atoms with Gasteiger partial charge in [-0.1, -0.05) is 6.42 Å². The van der Waals surface area contributed by atoms with Crippen LogP contribution < -0.4 is 0 Å². The van der Waals surface area contributed by atoms with Gasteiger partial charge in [-0.3, -0.25) is 9.88 Å². The summed E-state index contributed by atoms with van der Waals surface area (Å²) in [5, 5.41) is 0. The Morgan fingerprint density at radius 1 is 1.43 bits per heavy atom. The summed E-state index contributed by atoms with van der Waals surface area (Å²) < 4.78 is 0. The normalized spacial score (nSPS) is 23.7. The van der Waals surface area contributed by atoms with Gasteiger partial charge in [0.2, 0.25) is 0 Å². The predicted octanol–water partition coefficient (Wildman–Crippen LogP) is 2.55. The highest BCUT2D eigenvalue weighted by Crippen LogP contribution is 2.30. The highest BCUT2D eigenvalue weighted by molar-refractivity contribution is 5.25. The van der Waals surface area contributed by atoms with Crippen molar-refractivity contribution in [1.29, 1.82) is 0 Å². The number of nitrogens with zero attached hydrogens (tertiary/aromatic N) is 2. The Bertz CT molecular complexity index is 309. The van der Waals surface area contributed by atoms with E-state index < -0.39 is 0 Å². The minimum Gasteiger partial charge on any atom is -0.299 e. The van der Waals surface area contributed by atoms with E-state index in [2.05, 4.69) is 29.9 Å². The summed E-state index contributed by atoms with van der Waals surface area (Å²) in [6.07, 6.45) is 7.88. The lowest BCUT2D eigenvalue weighted by atomic mass is 9.94. The second-order valence-corrected chi connectivity index (χ2v) is 4.22. The smallest absolute Gasteiger partial charge is 0.0362 e. The quantitative estimate of drug-likeness (QED) is 0.676. The van der Waals surface area contributed by atoms with Crippen molar-refractivity contribution in [3.63, 3.8) is 0 Å². The number of likely N-dealkylation sites (tertiary alicyclic amines) is 1. The van der Waals surface area contributed by atoms with E-state index in [1.54, 1.807) is 0 Å². The number of rotatable bonds is 1. The summed E-state index contributed by atoms with van der Waals surface area (Å²) in [6.45, 7) is 3.40. The van der Waals surface area contributed by atoms with Crippen LogP contribution in [0.3, 0.4) is 0 Å². The molecule has 2 rings (SSSR count). The Kier molecular flexibility index (Phi) is 2.82. The molecule has 1 fully saturated rings. The highest BCUT2D eigenvalue weighted by atomic mass is 15.1. The number of piperidine rings is 1. The third-order valence-electron chi connectivity index (χ3n) is 3.21. The molecule has 1 aromatic rings. The molecule has 1 aromatic heterocycles. The Labute approximate surface area is 86.0 Å². The zero-order chi connectivity index (χ0) is 9.97. The first-order chi connectivity index (χ1) is 6.79. The van der Waals surface area contributed by atoms with Gasteiger partial charge in [0.05, 0.1) is 0 Å². The monoisotopic (exact) mass is 190 g/mol. The number of hydrogen-bond acceptors (Lipinski definition) is 2. The van der Waals surface area contributed by atoms with Gasteiger partial charge < -0.3 is 0 Å². The maximum Gasteiger partial charge on any atom is 0.0362 e. The summed E-state index contributed by atoms with van der Waals surface area (Å²) >= 11 is 0. The fourth-order valence-electron chi connectivity index (χ4n) is 2.29. The fraction of sp³-hybridized carbons (Fsp3) is 0.583. The first kappa shape index (κ1) is 9.66. The molecule has 2 nitrogen and oxygen atoms in total. The second-order valence-electron chi connectivity index (χ2n) is 4.22. The first-order valence-corrected chi connectivity index (χ1v) is 5.40. The summed E-state index contributed by atoms with van der Waals surface area (Å²) in [7, 11) is 2.22. The lowest BCUT2D eigenvalue weighted by molar-refractivity contribution is 0.186. The Hall–Kier alpha value is -0.890. The zero-order valence-corrected chi connectivity index (χ0v) is 9.03. The number of aromatic nitrogens is 1. The molecule has 0 spiro atoms. The Morgan fingerprint density at radius 2 is 2.29 bits per heavy atom. The van der Waals surface area contributed by atoms with Crippen molar-refractivity contribution in [2.45, 2.75) is 32.2 Å². The van der Waals surface area contributed by atoms with Gasteiger partial charge in [0.15, 0.2) is 0 Å². The lowest BCUT2D eigenvalue weighted by Gasteiger charge is -2.33. The molecule has 0 amide bonds. The van der Waals surface area contributed by atoms with Gasteiger partial charge in [-0.2, -0.15) is 0 Å². The lowest BCUT2D eigenvalue weighted by Crippen LogP contribution is -2.30. The van der Waals surface area contributed by atoms with Crippen LogP contribution in [-0.4, -0.2) is 23.5 Å². The molecule has 1 saturated heterocycles. The molecule has 0 aromatic carbocycles. The van der Waals surface area contributed by atoms with E-state index >= 15 is 0 Å². The van der Waals surface area contributed by atoms with E-state index in [1.165, 1.54) is 36.9 Å². The van der Waals surface area contributed by atoms with Crippen LogP contribution in [0.15, 0.2) is 18.5 Å². The third kappa shape index (κ3) is 1.80. The summed E-state index contributed by atoms with van der Waals surface area (Å²) in [4.78, 5) is 6.68. The van der Waals surface area contributed by atoms with Gasteiger partial charge in [0, 0.05) is 18.4 Å². The molecule has 76 valence electrons. The minimum absolute atomic E-state index is 0.595. The van der Waals surface area contributed by atoms with Crippen LogP contribution in [-0.2, 0) is 0 Å². The molecule has 1 atom stereocenters. The Balaban J connectivity index is 2.25. The molecule has 2 heteroatoms. The molecule has 0 saturated carbocycles. The first-order valence-electron chi connectivity index (χ1n) is 5.40. The van der Waals surface area contributed by atoms with Crippen LogP contribution in [0.2, 0.25) is 0 Å². The maximum absolute atomic E-state index is 4.23. The SMILES string of the molecule is Cc1ccncc1[C@H]1CCCCN1C. The van der Waals surface area contributed by atoms with Gasteiger partial charge >= 0.3 is 0 Å². The van der Waals surface area contributed by atoms with Crippen LogP contribution in [0, 0.1) is 6.92 Å². The highest BCUT2D eigenvalue weighted by Gasteiger charge is 2.21. The minimum atomic E-state index is 0.595. The van der Waals surface area contributed by atoms with E-state index in [0.717, 1.165) is 0 Å². The van der Waals surface area contributed by atoms with E-state index in [4.69, 9.17) is 0 Å². The number of hydrogen-bond donors (Lipinski definition) is 0. The average Bonchev–Trinajstić information content (AvgIpc) is 2.20. The summed E-state index contributed by atoms with van der Waals surface area (Å²) in [6, 6.07) is 2.70. The molecule has 0 bridgehead atoms. The average molecular weight is 190 g/mol. The molecular weight excluding hydrogens is 172 g/mol. The molecule has 0 radical (unpaired) electrons. The maximum atomic E-state index is 4.23. The van der Waals surface area contributed by atoms with Crippen LogP contribution >= 0.6 is 0 Å². The molecule has 0 aliphatic carbocycles. The molecule has 1 aliphatic heterocycles. The van der Waals surface area contributed by atoms with E-state index in [-0.39, 0.29) is 0 Å². The van der Waals surface area contributed by atoms with Crippen LogP contribution in [0.1, 0.15) is 36.4 Å². The van der Waals surface area contributed by atoms with Gasteiger partial charge in [0.1, 0.15) is 0 Å². The molecular formula is C12H18N2. The van der Waals surface area contributed by atoms with Gasteiger partial charge in [0.25, 0.3) is 0 Å². The molecule has 14 heavy (non-hydrogen) atoms. The van der Waals surface area contributed by atoms with Crippen molar-refractivity contribution in [3.05, 3.63) is 29.6 Å². The van der Waals surface area contributed by atoms with Gasteiger partial charge in [-0.25, -0.2) is 0 Å². The van der Waals surface area contributed by atoms with Crippen molar-refractivity contribution in [3.8, 4) is 0 Å². The van der Waals surface area contributed by atoms with Gasteiger partial charge in [-0.05, 0) is 50.6 Å². The van der Waals surface area contributed by atoms with E-state index in [1.807, 2.05) is 12.4 Å².